The lowest BCUT2D eigenvalue weighted by atomic mass is 10.1. The Kier molecular flexibility index (Phi) is 7.19. The molecule has 1 fully saturated rings. The Hall–Kier alpha value is -2.48. The van der Waals surface area contributed by atoms with Gasteiger partial charge in [-0.25, -0.2) is 4.79 Å². The van der Waals surface area contributed by atoms with Crippen LogP contribution >= 0.6 is 11.6 Å². The van der Waals surface area contributed by atoms with Crippen molar-refractivity contribution in [2.45, 2.75) is 13.5 Å². The molecule has 3 N–H and O–H groups in total. The maximum Gasteiger partial charge on any atom is 0.341 e. The summed E-state index contributed by atoms with van der Waals surface area (Å²) in [6.45, 7) is 6.13. The van der Waals surface area contributed by atoms with Gasteiger partial charge in [-0.1, -0.05) is 17.7 Å². The molecule has 1 heterocycles. The lowest BCUT2D eigenvalue weighted by molar-refractivity contribution is 0.0194. The molecular formula is C21H25ClN2O5. The van der Waals surface area contributed by atoms with Crippen LogP contribution in [0.4, 0.5) is 5.69 Å². The van der Waals surface area contributed by atoms with Gasteiger partial charge in [-0.2, -0.15) is 0 Å². The first-order valence-corrected chi connectivity index (χ1v) is 9.84. The molecule has 3 rings (SSSR count). The number of ether oxygens (including phenoxy) is 2. The molecule has 156 valence electrons. The molecule has 1 aliphatic rings. The second-order valence-corrected chi connectivity index (χ2v) is 7.34. The lowest BCUT2D eigenvalue weighted by Gasteiger charge is -2.26. The van der Waals surface area contributed by atoms with E-state index < -0.39 is 5.97 Å². The predicted octanol–water partition coefficient (Wildman–Crippen LogP) is 3.16. The number of rotatable bonds is 7. The molecule has 7 nitrogen and oxygen atoms in total. The van der Waals surface area contributed by atoms with Gasteiger partial charge in [0, 0.05) is 43.5 Å². The van der Waals surface area contributed by atoms with Crippen LogP contribution in [-0.2, 0) is 16.0 Å². The van der Waals surface area contributed by atoms with Gasteiger partial charge in [0.2, 0.25) is 0 Å². The van der Waals surface area contributed by atoms with E-state index in [1.807, 2.05) is 13.0 Å². The molecule has 0 saturated carbocycles. The van der Waals surface area contributed by atoms with Crippen molar-refractivity contribution in [3.63, 3.8) is 0 Å². The monoisotopic (exact) mass is 420 g/mol. The first-order valence-electron chi connectivity index (χ1n) is 9.46. The van der Waals surface area contributed by atoms with Crippen LogP contribution in [0, 0.1) is 6.92 Å². The summed E-state index contributed by atoms with van der Waals surface area (Å²) in [5.74, 6) is -0.710. The minimum absolute atomic E-state index is 0.0226. The molecular weight excluding hydrogens is 396 g/mol. The first kappa shape index (κ1) is 21.2. The highest BCUT2D eigenvalue weighted by Crippen LogP contribution is 2.30. The normalized spacial score (nSPS) is 14.6. The summed E-state index contributed by atoms with van der Waals surface area (Å²) in [5, 5.41) is 23.7. The first-order chi connectivity index (χ1) is 13.9. The number of morpholine rings is 1. The third-order valence-electron chi connectivity index (χ3n) is 4.73. The summed E-state index contributed by atoms with van der Waals surface area (Å²) < 4.78 is 10.6. The third kappa shape index (κ3) is 5.76. The van der Waals surface area contributed by atoms with Gasteiger partial charge in [-0.05, 0) is 30.7 Å². The second-order valence-electron chi connectivity index (χ2n) is 6.93. The van der Waals surface area contributed by atoms with Crippen molar-refractivity contribution in [3.8, 4) is 11.5 Å². The van der Waals surface area contributed by atoms with E-state index in [-0.39, 0.29) is 23.7 Å². The van der Waals surface area contributed by atoms with Gasteiger partial charge >= 0.3 is 5.97 Å². The number of hydrogen-bond acceptors (Lipinski definition) is 7. The number of phenolic OH excluding ortho intramolecular Hbond substituents is 2. The highest BCUT2D eigenvalue weighted by molar-refractivity contribution is 6.32. The van der Waals surface area contributed by atoms with Crippen molar-refractivity contribution < 1.29 is 24.5 Å². The van der Waals surface area contributed by atoms with E-state index in [0.717, 1.165) is 18.7 Å². The van der Waals surface area contributed by atoms with E-state index in [9.17, 15) is 15.0 Å². The second kappa shape index (κ2) is 9.82. The van der Waals surface area contributed by atoms with Crippen LogP contribution in [0.5, 0.6) is 11.5 Å². The number of aromatic hydroxyl groups is 2. The van der Waals surface area contributed by atoms with Crippen LogP contribution in [0.2, 0.25) is 5.02 Å². The molecule has 2 aromatic carbocycles. The lowest BCUT2D eigenvalue weighted by Crippen LogP contribution is -2.38. The van der Waals surface area contributed by atoms with Crippen molar-refractivity contribution in [1.82, 2.24) is 4.90 Å². The van der Waals surface area contributed by atoms with Crippen molar-refractivity contribution in [2.75, 3.05) is 44.8 Å². The van der Waals surface area contributed by atoms with E-state index in [4.69, 9.17) is 21.1 Å². The number of nitrogens with one attached hydrogen (secondary N) is 1. The molecule has 0 aliphatic carbocycles. The highest BCUT2D eigenvalue weighted by Gasteiger charge is 2.15. The quantitative estimate of drug-likeness (QED) is 0.592. The predicted molar refractivity (Wildman–Crippen MR) is 111 cm³/mol. The number of aryl methyl sites for hydroxylation is 1. The molecule has 2 aromatic rings. The van der Waals surface area contributed by atoms with Crippen molar-refractivity contribution in [3.05, 3.63) is 52.0 Å². The van der Waals surface area contributed by atoms with Crippen LogP contribution in [0.15, 0.2) is 30.3 Å². The SMILES string of the molecule is Cc1cc(Cl)c(O)c(CNc2ccc(C(=O)OCCN3CCOCC3)c(O)c2)c1. The summed E-state index contributed by atoms with van der Waals surface area (Å²) >= 11 is 5.99. The van der Waals surface area contributed by atoms with Crippen LogP contribution < -0.4 is 5.32 Å². The molecule has 1 aliphatic heterocycles. The van der Waals surface area contributed by atoms with E-state index >= 15 is 0 Å². The number of carbonyl (C=O) groups is 1. The van der Waals surface area contributed by atoms with Crippen LogP contribution in [0.1, 0.15) is 21.5 Å². The Morgan fingerprint density at radius 1 is 1.24 bits per heavy atom. The Morgan fingerprint density at radius 2 is 2.00 bits per heavy atom. The van der Waals surface area contributed by atoms with Crippen LogP contribution in [0.3, 0.4) is 0 Å². The number of anilines is 1. The molecule has 0 bridgehead atoms. The minimum Gasteiger partial charge on any atom is -0.507 e. The molecule has 0 atom stereocenters. The van der Waals surface area contributed by atoms with E-state index in [0.29, 0.717) is 42.6 Å². The minimum atomic E-state index is -0.564. The largest absolute Gasteiger partial charge is 0.507 e. The fourth-order valence-corrected chi connectivity index (χ4v) is 3.42. The number of hydrogen-bond donors (Lipinski definition) is 3. The van der Waals surface area contributed by atoms with E-state index in [2.05, 4.69) is 10.2 Å². The Labute approximate surface area is 174 Å². The number of carbonyl (C=O) groups excluding carboxylic acids is 1. The van der Waals surface area contributed by atoms with E-state index in [1.54, 1.807) is 12.1 Å². The number of nitrogens with zero attached hydrogens (tertiary/aromatic N) is 1. The van der Waals surface area contributed by atoms with Gasteiger partial charge in [0.15, 0.2) is 0 Å². The van der Waals surface area contributed by atoms with Gasteiger partial charge in [0.05, 0.1) is 18.2 Å². The van der Waals surface area contributed by atoms with Crippen LogP contribution in [-0.4, -0.2) is 60.5 Å². The molecule has 8 heteroatoms. The standard InChI is InChI=1S/C21H25ClN2O5/c1-14-10-15(20(26)18(22)11-14)13-23-16-2-3-17(19(25)12-16)21(27)29-9-6-24-4-7-28-8-5-24/h2-3,10-12,23,25-26H,4-9,13H2,1H3. The zero-order valence-corrected chi connectivity index (χ0v) is 17.0. The van der Waals surface area contributed by atoms with Gasteiger partial charge < -0.3 is 25.0 Å². The van der Waals surface area contributed by atoms with Crippen molar-refractivity contribution in [1.29, 1.82) is 0 Å². The number of benzene rings is 2. The maximum atomic E-state index is 12.2. The smallest absolute Gasteiger partial charge is 0.341 e. The summed E-state index contributed by atoms with van der Waals surface area (Å²) in [4.78, 5) is 14.4. The summed E-state index contributed by atoms with van der Waals surface area (Å²) in [7, 11) is 0. The van der Waals surface area contributed by atoms with E-state index in [1.165, 1.54) is 12.1 Å². The van der Waals surface area contributed by atoms with Gasteiger partial charge in [0.25, 0.3) is 0 Å². The Balaban J connectivity index is 1.54. The summed E-state index contributed by atoms with van der Waals surface area (Å²) in [6.07, 6.45) is 0. The average Bonchev–Trinajstić information content (AvgIpc) is 2.70. The summed E-state index contributed by atoms with van der Waals surface area (Å²) in [6, 6.07) is 8.15. The third-order valence-corrected chi connectivity index (χ3v) is 5.02. The summed E-state index contributed by atoms with van der Waals surface area (Å²) in [5.41, 5.74) is 2.28. The molecule has 0 aromatic heterocycles. The highest BCUT2D eigenvalue weighted by atomic mass is 35.5. The van der Waals surface area contributed by atoms with Gasteiger partial charge in [-0.15, -0.1) is 0 Å². The Bertz CT molecular complexity index is 868. The zero-order valence-electron chi connectivity index (χ0n) is 16.3. The molecule has 1 saturated heterocycles. The molecule has 0 radical (unpaired) electrons. The molecule has 0 spiro atoms. The fraction of sp³-hybridized carbons (Fsp3) is 0.381. The average molecular weight is 421 g/mol. The molecule has 0 amide bonds. The zero-order chi connectivity index (χ0) is 20.8. The number of phenols is 2. The topological polar surface area (TPSA) is 91.3 Å². The Morgan fingerprint density at radius 3 is 2.72 bits per heavy atom. The number of esters is 1. The van der Waals surface area contributed by atoms with Gasteiger partial charge in [0.1, 0.15) is 23.7 Å². The molecule has 0 unspecified atom stereocenters. The van der Waals surface area contributed by atoms with Crippen molar-refractivity contribution >= 4 is 23.3 Å². The maximum absolute atomic E-state index is 12.2. The van der Waals surface area contributed by atoms with Crippen LogP contribution in [0.25, 0.3) is 0 Å². The number of halogens is 1. The molecule has 29 heavy (non-hydrogen) atoms. The van der Waals surface area contributed by atoms with Crippen molar-refractivity contribution in [2.24, 2.45) is 0 Å². The fourth-order valence-electron chi connectivity index (χ4n) is 3.12. The van der Waals surface area contributed by atoms with Gasteiger partial charge in [-0.3, -0.25) is 4.90 Å².